The Labute approximate surface area is 133 Å². The Morgan fingerprint density at radius 2 is 2.30 bits per heavy atom. The quantitative estimate of drug-likeness (QED) is 0.745. The summed E-state index contributed by atoms with van der Waals surface area (Å²) in [7, 11) is 0. The number of hydrogen-bond donors (Lipinski definition) is 0. The molecule has 1 aromatic carbocycles. The summed E-state index contributed by atoms with van der Waals surface area (Å²) in [5.74, 6) is 0.206. The van der Waals surface area contributed by atoms with Crippen LogP contribution in [-0.2, 0) is 11.2 Å². The average Bonchev–Trinajstić information content (AvgIpc) is 2.95. The third-order valence-corrected chi connectivity index (χ3v) is 4.89. The zero-order valence-corrected chi connectivity index (χ0v) is 13.8. The lowest BCUT2D eigenvalue weighted by Crippen LogP contribution is -2.38. The molecule has 1 aromatic rings. The minimum atomic E-state index is 0.206. The highest BCUT2D eigenvalue weighted by Crippen LogP contribution is 2.22. The second-order valence-corrected chi connectivity index (χ2v) is 6.87. The van der Waals surface area contributed by atoms with Crippen LogP contribution >= 0.6 is 22.6 Å². The van der Waals surface area contributed by atoms with E-state index in [1.165, 1.54) is 18.4 Å². The zero-order valence-electron chi connectivity index (χ0n) is 11.6. The van der Waals surface area contributed by atoms with Gasteiger partial charge >= 0.3 is 0 Å². The molecule has 3 nitrogen and oxygen atoms in total. The van der Waals surface area contributed by atoms with E-state index in [4.69, 9.17) is 4.74 Å². The minimum absolute atomic E-state index is 0.206. The van der Waals surface area contributed by atoms with Gasteiger partial charge in [0.15, 0.2) is 0 Å². The molecule has 0 aromatic heterocycles. The van der Waals surface area contributed by atoms with Crippen molar-refractivity contribution in [3.63, 3.8) is 0 Å². The van der Waals surface area contributed by atoms with Crippen LogP contribution in [-0.4, -0.2) is 36.6 Å². The molecule has 0 aliphatic carbocycles. The van der Waals surface area contributed by atoms with Crippen LogP contribution in [0.15, 0.2) is 18.2 Å². The molecule has 2 aliphatic rings. The Morgan fingerprint density at radius 3 is 3.10 bits per heavy atom. The van der Waals surface area contributed by atoms with Gasteiger partial charge in [-0.05, 0) is 72.4 Å². The lowest BCUT2D eigenvalue weighted by Gasteiger charge is -2.29. The molecule has 2 aliphatic heterocycles. The Kier molecular flexibility index (Phi) is 4.61. The van der Waals surface area contributed by atoms with Gasteiger partial charge in [0.1, 0.15) is 0 Å². The number of nitrogens with zero attached hydrogens (tertiary/aromatic N) is 1. The van der Waals surface area contributed by atoms with Crippen LogP contribution in [0.2, 0.25) is 0 Å². The normalized spacial score (nSPS) is 22.1. The Bertz CT molecular complexity index is 497. The molecule has 3 rings (SSSR count). The number of halogens is 1. The molecular weight excluding hydrogens is 365 g/mol. The van der Waals surface area contributed by atoms with Gasteiger partial charge in [0.2, 0.25) is 0 Å². The van der Waals surface area contributed by atoms with Gasteiger partial charge in [0.25, 0.3) is 5.91 Å². The van der Waals surface area contributed by atoms with Gasteiger partial charge in [-0.15, -0.1) is 0 Å². The lowest BCUT2D eigenvalue weighted by molar-refractivity contribution is 0.0706. The van der Waals surface area contributed by atoms with E-state index >= 15 is 0 Å². The number of carbonyl (C=O) groups is 1. The number of rotatable bonds is 4. The van der Waals surface area contributed by atoms with Crippen molar-refractivity contribution in [1.29, 1.82) is 0 Å². The first-order valence-electron chi connectivity index (χ1n) is 7.43. The van der Waals surface area contributed by atoms with E-state index in [1.807, 2.05) is 11.0 Å². The SMILES string of the molecule is O=C1c2cc(I)ccc2CCN1CCCC1CCCO1. The first-order valence-corrected chi connectivity index (χ1v) is 8.51. The number of carbonyl (C=O) groups excluding carboxylic acids is 1. The maximum Gasteiger partial charge on any atom is 0.254 e. The fourth-order valence-electron chi connectivity index (χ4n) is 3.09. The van der Waals surface area contributed by atoms with Crippen LogP contribution in [0.25, 0.3) is 0 Å². The van der Waals surface area contributed by atoms with Crippen LogP contribution in [0.1, 0.15) is 41.6 Å². The van der Waals surface area contributed by atoms with Gasteiger partial charge in [-0.25, -0.2) is 0 Å². The van der Waals surface area contributed by atoms with Crippen molar-refractivity contribution in [2.24, 2.45) is 0 Å². The lowest BCUT2D eigenvalue weighted by atomic mass is 9.99. The molecule has 0 bridgehead atoms. The molecule has 1 fully saturated rings. The second kappa shape index (κ2) is 6.43. The van der Waals surface area contributed by atoms with Gasteiger partial charge in [-0.1, -0.05) is 6.07 Å². The summed E-state index contributed by atoms with van der Waals surface area (Å²) in [4.78, 5) is 14.5. The summed E-state index contributed by atoms with van der Waals surface area (Å²) in [5.41, 5.74) is 2.10. The molecule has 1 amide bonds. The van der Waals surface area contributed by atoms with E-state index in [2.05, 4.69) is 34.7 Å². The fourth-order valence-corrected chi connectivity index (χ4v) is 3.58. The van der Waals surface area contributed by atoms with E-state index in [0.717, 1.165) is 48.1 Å². The summed E-state index contributed by atoms with van der Waals surface area (Å²) < 4.78 is 6.77. The highest BCUT2D eigenvalue weighted by Gasteiger charge is 2.24. The Balaban J connectivity index is 1.57. The number of hydrogen-bond acceptors (Lipinski definition) is 2. The third-order valence-electron chi connectivity index (χ3n) is 4.22. The average molecular weight is 385 g/mol. The molecule has 0 N–H and O–H groups in total. The van der Waals surface area contributed by atoms with Gasteiger partial charge in [0, 0.05) is 28.8 Å². The standard InChI is InChI=1S/C16H20INO2/c17-13-6-5-12-7-9-18(16(19)15(12)11-13)8-1-3-14-4-2-10-20-14/h5-6,11,14H,1-4,7-10H2. The van der Waals surface area contributed by atoms with Crippen LogP contribution in [0.5, 0.6) is 0 Å². The van der Waals surface area contributed by atoms with E-state index in [-0.39, 0.29) is 5.91 Å². The topological polar surface area (TPSA) is 29.5 Å². The van der Waals surface area contributed by atoms with Crippen molar-refractivity contribution in [3.05, 3.63) is 32.9 Å². The number of benzene rings is 1. The van der Waals surface area contributed by atoms with Gasteiger partial charge in [-0.2, -0.15) is 0 Å². The van der Waals surface area contributed by atoms with Crippen LogP contribution in [0.3, 0.4) is 0 Å². The van der Waals surface area contributed by atoms with Crippen LogP contribution in [0.4, 0.5) is 0 Å². The maximum atomic E-state index is 12.5. The molecule has 0 radical (unpaired) electrons. The predicted octanol–water partition coefficient (Wildman–Crippen LogP) is 3.25. The number of ether oxygens (including phenoxy) is 1. The van der Waals surface area contributed by atoms with Crippen LogP contribution in [0, 0.1) is 3.57 Å². The van der Waals surface area contributed by atoms with Crippen molar-refractivity contribution in [2.45, 2.75) is 38.2 Å². The van der Waals surface area contributed by atoms with E-state index in [9.17, 15) is 4.79 Å². The highest BCUT2D eigenvalue weighted by molar-refractivity contribution is 14.1. The first-order chi connectivity index (χ1) is 9.74. The molecule has 108 valence electrons. The molecule has 0 saturated carbocycles. The smallest absolute Gasteiger partial charge is 0.254 e. The van der Waals surface area contributed by atoms with Gasteiger partial charge in [0.05, 0.1) is 6.10 Å². The van der Waals surface area contributed by atoms with Crippen molar-refractivity contribution >= 4 is 28.5 Å². The van der Waals surface area contributed by atoms with E-state index in [0.29, 0.717) is 6.10 Å². The Morgan fingerprint density at radius 1 is 1.40 bits per heavy atom. The summed E-state index contributed by atoms with van der Waals surface area (Å²) in [6.45, 7) is 2.64. The first kappa shape index (κ1) is 14.3. The molecule has 2 heterocycles. The highest BCUT2D eigenvalue weighted by atomic mass is 127. The number of fused-ring (bicyclic) bond motifs is 1. The molecule has 1 atom stereocenters. The predicted molar refractivity (Wildman–Crippen MR) is 87.0 cm³/mol. The zero-order chi connectivity index (χ0) is 13.9. The van der Waals surface area contributed by atoms with Crippen molar-refractivity contribution in [2.75, 3.05) is 19.7 Å². The summed E-state index contributed by atoms with van der Waals surface area (Å²) in [5, 5.41) is 0. The molecule has 1 saturated heterocycles. The molecule has 0 spiro atoms. The summed E-state index contributed by atoms with van der Waals surface area (Å²) >= 11 is 2.27. The second-order valence-electron chi connectivity index (χ2n) is 5.62. The summed E-state index contributed by atoms with van der Waals surface area (Å²) in [6, 6.07) is 6.20. The van der Waals surface area contributed by atoms with Crippen molar-refractivity contribution in [1.82, 2.24) is 4.90 Å². The van der Waals surface area contributed by atoms with Gasteiger partial charge < -0.3 is 9.64 Å². The fraction of sp³-hybridized carbons (Fsp3) is 0.562. The van der Waals surface area contributed by atoms with Crippen LogP contribution < -0.4 is 0 Å². The Hall–Kier alpha value is -0.620. The van der Waals surface area contributed by atoms with Crippen molar-refractivity contribution in [3.8, 4) is 0 Å². The summed E-state index contributed by atoms with van der Waals surface area (Å²) in [6.07, 6.45) is 5.94. The van der Waals surface area contributed by atoms with Gasteiger partial charge in [-0.3, -0.25) is 4.79 Å². The number of amides is 1. The van der Waals surface area contributed by atoms with E-state index in [1.54, 1.807) is 0 Å². The largest absolute Gasteiger partial charge is 0.378 e. The monoisotopic (exact) mass is 385 g/mol. The molecule has 20 heavy (non-hydrogen) atoms. The van der Waals surface area contributed by atoms with E-state index < -0.39 is 0 Å². The maximum absolute atomic E-state index is 12.5. The minimum Gasteiger partial charge on any atom is -0.378 e. The molecule has 4 heteroatoms. The third kappa shape index (κ3) is 3.17. The van der Waals surface area contributed by atoms with Crippen molar-refractivity contribution < 1.29 is 9.53 Å². The molecule has 1 unspecified atom stereocenters. The molecular formula is C16H20INO2.